The van der Waals surface area contributed by atoms with E-state index >= 15 is 0 Å². The van der Waals surface area contributed by atoms with Crippen molar-refractivity contribution in [1.82, 2.24) is 0 Å². The van der Waals surface area contributed by atoms with E-state index in [0.717, 1.165) is 13.0 Å². The van der Waals surface area contributed by atoms with Crippen molar-refractivity contribution < 1.29 is 14.0 Å². The molecule has 0 saturated carbocycles. The Morgan fingerprint density at radius 3 is 2.00 bits per heavy atom. The van der Waals surface area contributed by atoms with Crippen molar-refractivity contribution in [2.24, 2.45) is 0 Å². The van der Waals surface area contributed by atoms with Crippen LogP contribution in [0.15, 0.2) is 54.6 Å². The van der Waals surface area contributed by atoms with Crippen LogP contribution >= 0.6 is 15.9 Å². The zero-order valence-corrected chi connectivity index (χ0v) is 21.0. The zero-order chi connectivity index (χ0) is 22.2. The lowest BCUT2D eigenvalue weighted by molar-refractivity contribution is -0.828. The molecule has 1 aliphatic rings. The molecule has 1 aromatic rings. The summed E-state index contributed by atoms with van der Waals surface area (Å²) in [5.41, 5.74) is 1.94. The third kappa shape index (κ3) is 10.2. The largest absolute Gasteiger partial charge is 0.485 e. The van der Waals surface area contributed by atoms with Gasteiger partial charge in [0.2, 0.25) is 11.5 Å². The van der Waals surface area contributed by atoms with Gasteiger partial charge in [-0.2, -0.15) is 0 Å². The molecule has 1 heterocycles. The van der Waals surface area contributed by atoms with Gasteiger partial charge in [-0.15, -0.1) is 0 Å². The van der Waals surface area contributed by atoms with Crippen LogP contribution in [-0.2, 0) is 16.1 Å². The van der Waals surface area contributed by atoms with Crippen LogP contribution < -0.4 is 0 Å². The van der Waals surface area contributed by atoms with Crippen molar-refractivity contribution in [2.75, 3.05) is 12.1 Å². The second kappa shape index (κ2) is 15.4. The van der Waals surface area contributed by atoms with E-state index in [-0.39, 0.29) is 5.78 Å². The topological polar surface area (TPSA) is 26.3 Å². The molecular formula is C27H41BrNO2+. The van der Waals surface area contributed by atoms with E-state index in [9.17, 15) is 4.79 Å². The predicted octanol–water partition coefficient (Wildman–Crippen LogP) is 8.01. The van der Waals surface area contributed by atoms with Crippen LogP contribution in [0.3, 0.4) is 0 Å². The Morgan fingerprint density at radius 1 is 0.839 bits per heavy atom. The van der Waals surface area contributed by atoms with Crippen molar-refractivity contribution in [3.05, 3.63) is 60.1 Å². The molecular weight excluding hydrogens is 450 g/mol. The highest BCUT2D eigenvalue weighted by Gasteiger charge is 2.30. The number of quaternary nitrogens is 1. The number of carbonyl (C=O) groups excluding carboxylic acids is 1. The summed E-state index contributed by atoms with van der Waals surface area (Å²) in [4.78, 5) is 12.3. The van der Waals surface area contributed by atoms with E-state index in [0.29, 0.717) is 22.3 Å². The summed E-state index contributed by atoms with van der Waals surface area (Å²) >= 11 is 3.63. The van der Waals surface area contributed by atoms with Crippen molar-refractivity contribution in [3.8, 4) is 0 Å². The van der Waals surface area contributed by atoms with Gasteiger partial charge in [0.25, 0.3) is 0 Å². The highest BCUT2D eigenvalue weighted by molar-refractivity contribution is 9.09. The summed E-state index contributed by atoms with van der Waals surface area (Å²) in [6, 6.07) is 10.4. The second-order valence-corrected chi connectivity index (χ2v) is 9.28. The summed E-state index contributed by atoms with van der Waals surface area (Å²) in [7, 11) is 0. The molecule has 1 unspecified atom stereocenters. The van der Waals surface area contributed by atoms with Gasteiger partial charge in [-0.25, -0.2) is 0 Å². The van der Waals surface area contributed by atoms with Gasteiger partial charge >= 0.3 is 0 Å². The Bertz CT molecular complexity index is 686. The number of hydrogen-bond donors (Lipinski definition) is 0. The molecule has 31 heavy (non-hydrogen) atoms. The van der Waals surface area contributed by atoms with Gasteiger partial charge in [-0.05, 0) is 22.4 Å². The van der Waals surface area contributed by atoms with Crippen molar-refractivity contribution in [3.63, 3.8) is 0 Å². The number of hydrogen-bond acceptors (Lipinski definition) is 2. The molecule has 1 aromatic carbocycles. The van der Waals surface area contributed by atoms with Gasteiger partial charge in [0.05, 0.1) is 6.61 Å². The van der Waals surface area contributed by atoms with Crippen LogP contribution in [0.5, 0.6) is 0 Å². The SMILES string of the molecule is CCCCCCCCCCCCCCOC1=C[N+](CBr)(Cc2ccccc2)C=CC1=O. The van der Waals surface area contributed by atoms with Crippen LogP contribution in [0.2, 0.25) is 0 Å². The standard InChI is InChI=1S/C27H41BrNO2/c1-2-3-4-5-6-7-8-9-10-11-12-16-21-31-27-23-29(24-28,20-19-26(27)30)22-25-17-14-13-15-18-25/h13-15,17-20,23H,2-12,16,21-22,24H2,1H3/q+1. The van der Waals surface area contributed by atoms with E-state index in [4.69, 9.17) is 4.74 Å². The molecule has 1 atom stereocenters. The number of ether oxygens (including phenoxy) is 1. The second-order valence-electron chi connectivity index (χ2n) is 8.78. The average Bonchev–Trinajstić information content (AvgIpc) is 2.79. The number of unbranched alkanes of at least 4 members (excludes halogenated alkanes) is 11. The summed E-state index contributed by atoms with van der Waals surface area (Å²) in [5, 5.41) is 0. The molecule has 0 N–H and O–H groups in total. The Labute approximate surface area is 198 Å². The minimum Gasteiger partial charge on any atom is -0.485 e. The van der Waals surface area contributed by atoms with Gasteiger partial charge in [0.1, 0.15) is 24.4 Å². The molecule has 172 valence electrons. The Kier molecular flexibility index (Phi) is 12.9. The van der Waals surface area contributed by atoms with Crippen LogP contribution in [0.1, 0.15) is 89.5 Å². The first-order valence-electron chi connectivity index (χ1n) is 12.2. The van der Waals surface area contributed by atoms with Crippen LogP contribution in [0.4, 0.5) is 0 Å². The monoisotopic (exact) mass is 490 g/mol. The number of rotatable bonds is 17. The summed E-state index contributed by atoms with van der Waals surface area (Å²) in [6.07, 6.45) is 21.4. The third-order valence-corrected chi connectivity index (χ3v) is 6.87. The summed E-state index contributed by atoms with van der Waals surface area (Å²) < 4.78 is 6.45. The van der Waals surface area contributed by atoms with Crippen LogP contribution in [0, 0.1) is 0 Å². The van der Waals surface area contributed by atoms with Gasteiger partial charge in [-0.3, -0.25) is 9.28 Å². The normalized spacial score (nSPS) is 18.3. The number of ketones is 1. The molecule has 0 saturated heterocycles. The van der Waals surface area contributed by atoms with Gasteiger partial charge in [-0.1, -0.05) is 108 Å². The number of allylic oxidation sites excluding steroid dienone is 1. The maximum absolute atomic E-state index is 12.3. The number of halogens is 1. The first-order valence-corrected chi connectivity index (χ1v) is 13.4. The molecule has 0 bridgehead atoms. The van der Waals surface area contributed by atoms with Crippen LogP contribution in [0.25, 0.3) is 0 Å². The smallest absolute Gasteiger partial charge is 0.231 e. The van der Waals surface area contributed by atoms with Gasteiger partial charge in [0, 0.05) is 11.6 Å². The van der Waals surface area contributed by atoms with Crippen molar-refractivity contribution in [1.29, 1.82) is 0 Å². The van der Waals surface area contributed by atoms with E-state index in [1.165, 1.54) is 76.2 Å². The van der Waals surface area contributed by atoms with E-state index in [1.807, 2.05) is 30.6 Å². The van der Waals surface area contributed by atoms with E-state index in [2.05, 4.69) is 35.0 Å². The number of benzene rings is 1. The molecule has 3 nitrogen and oxygen atoms in total. The molecule has 0 amide bonds. The number of nitrogens with zero attached hydrogens (tertiary/aromatic N) is 1. The maximum Gasteiger partial charge on any atom is 0.231 e. The lowest BCUT2D eigenvalue weighted by Gasteiger charge is -2.31. The first-order chi connectivity index (χ1) is 15.2. The quantitative estimate of drug-likeness (QED) is 0.0955. The van der Waals surface area contributed by atoms with E-state index in [1.54, 1.807) is 6.08 Å². The van der Waals surface area contributed by atoms with Crippen molar-refractivity contribution in [2.45, 2.75) is 90.5 Å². The van der Waals surface area contributed by atoms with Crippen LogP contribution in [-0.4, -0.2) is 22.3 Å². The fraction of sp³-hybridized carbons (Fsp3) is 0.593. The predicted molar refractivity (Wildman–Crippen MR) is 133 cm³/mol. The molecule has 2 rings (SSSR count). The molecule has 0 spiro atoms. The number of carbonyl (C=O) groups is 1. The summed E-state index contributed by atoms with van der Waals surface area (Å²) in [5.74, 6) is 0.461. The molecule has 1 aliphatic heterocycles. The first kappa shape index (κ1) is 25.9. The Balaban J connectivity index is 1.62. The highest BCUT2D eigenvalue weighted by Crippen LogP contribution is 2.25. The molecule has 0 aromatic heterocycles. The summed E-state index contributed by atoms with van der Waals surface area (Å²) in [6.45, 7) is 3.69. The minimum atomic E-state index is -0.0262. The fourth-order valence-corrected chi connectivity index (χ4v) is 4.50. The number of alkyl halides is 1. The third-order valence-electron chi connectivity index (χ3n) is 5.94. The molecule has 0 fully saturated rings. The van der Waals surface area contributed by atoms with Gasteiger partial charge < -0.3 is 4.74 Å². The fourth-order valence-electron chi connectivity index (χ4n) is 4.01. The highest BCUT2D eigenvalue weighted by atomic mass is 79.9. The zero-order valence-electron chi connectivity index (χ0n) is 19.4. The average molecular weight is 492 g/mol. The maximum atomic E-state index is 12.3. The Hall–Kier alpha value is -1.39. The van der Waals surface area contributed by atoms with E-state index < -0.39 is 0 Å². The molecule has 0 aliphatic carbocycles. The minimum absolute atomic E-state index is 0.0262. The van der Waals surface area contributed by atoms with Crippen molar-refractivity contribution >= 4 is 21.7 Å². The Morgan fingerprint density at radius 2 is 1.42 bits per heavy atom. The molecule has 0 radical (unpaired) electrons. The lowest BCUT2D eigenvalue weighted by atomic mass is 10.1. The van der Waals surface area contributed by atoms with Gasteiger partial charge in [0.15, 0.2) is 0 Å². The lowest BCUT2D eigenvalue weighted by Crippen LogP contribution is -2.38. The molecule has 4 heteroatoms.